The molecular weight excluding hydrogens is 247 g/mol. The summed E-state index contributed by atoms with van der Waals surface area (Å²) in [5.74, 6) is -0.737. The predicted octanol–water partition coefficient (Wildman–Crippen LogP) is 1.63. The summed E-state index contributed by atoms with van der Waals surface area (Å²) in [7, 11) is 0. The normalized spacial score (nSPS) is 22.1. The first-order chi connectivity index (χ1) is 9.21. The summed E-state index contributed by atoms with van der Waals surface area (Å²) in [5.41, 5.74) is 7.27. The molecule has 0 unspecified atom stereocenters. The minimum Gasteiger partial charge on any atom is -0.366 e. The van der Waals surface area contributed by atoms with E-state index in [0.717, 1.165) is 30.6 Å². The van der Waals surface area contributed by atoms with Crippen LogP contribution < -0.4 is 10.6 Å². The van der Waals surface area contributed by atoms with Gasteiger partial charge in [0.2, 0.25) is 0 Å². The molecule has 0 amide bonds. The maximum Gasteiger partial charge on any atom is 0.186 e. The Morgan fingerprint density at radius 3 is 2.79 bits per heavy atom. The highest BCUT2D eigenvalue weighted by molar-refractivity contribution is 5.50. The Bertz CT molecular complexity index is 461. The van der Waals surface area contributed by atoms with Gasteiger partial charge in [-0.3, -0.25) is 0 Å². The van der Waals surface area contributed by atoms with Crippen molar-refractivity contribution in [1.29, 1.82) is 0 Å². The average Bonchev–Trinajstić information content (AvgIpc) is 2.86. The van der Waals surface area contributed by atoms with Gasteiger partial charge in [0.25, 0.3) is 0 Å². The molecule has 3 rings (SSSR count). The van der Waals surface area contributed by atoms with Gasteiger partial charge < -0.3 is 20.1 Å². The maximum absolute atomic E-state index is 13.6. The average molecular weight is 266 g/mol. The van der Waals surface area contributed by atoms with E-state index in [1.54, 1.807) is 6.07 Å². The summed E-state index contributed by atoms with van der Waals surface area (Å²) in [6, 6.07) is 4.97. The van der Waals surface area contributed by atoms with Crippen molar-refractivity contribution in [2.45, 2.75) is 25.2 Å². The number of nitrogens with zero attached hydrogens (tertiary/aromatic N) is 1. The van der Waals surface area contributed by atoms with Crippen LogP contribution >= 0.6 is 0 Å². The lowest BCUT2D eigenvalue weighted by Gasteiger charge is -2.39. The Labute approximate surface area is 112 Å². The van der Waals surface area contributed by atoms with Crippen LogP contribution in [0.2, 0.25) is 0 Å². The highest BCUT2D eigenvalue weighted by atomic mass is 19.1. The second-order valence-corrected chi connectivity index (χ2v) is 5.15. The monoisotopic (exact) mass is 266 g/mol. The number of ether oxygens (including phenoxy) is 2. The molecule has 2 heterocycles. The van der Waals surface area contributed by atoms with Gasteiger partial charge in [-0.2, -0.15) is 0 Å². The third-order valence-electron chi connectivity index (χ3n) is 3.77. The number of hydrogen-bond acceptors (Lipinski definition) is 4. The Balaban J connectivity index is 1.83. The number of halogens is 1. The Morgan fingerprint density at radius 1 is 1.26 bits per heavy atom. The lowest BCUT2D eigenvalue weighted by molar-refractivity contribution is -0.161. The molecule has 2 N–H and O–H groups in total. The first-order valence-electron chi connectivity index (χ1n) is 6.73. The van der Waals surface area contributed by atoms with Gasteiger partial charge in [-0.05, 0) is 30.2 Å². The Morgan fingerprint density at radius 2 is 2.05 bits per heavy atom. The summed E-state index contributed by atoms with van der Waals surface area (Å²) in [6.07, 6.45) is 1.89. The number of rotatable bonds is 2. The van der Waals surface area contributed by atoms with Crippen LogP contribution in [0.25, 0.3) is 0 Å². The molecule has 1 spiro atoms. The molecule has 1 aromatic carbocycles. The van der Waals surface area contributed by atoms with Crippen molar-refractivity contribution in [3.63, 3.8) is 0 Å². The fraction of sp³-hybridized carbons (Fsp3) is 0.571. The molecule has 5 heteroatoms. The van der Waals surface area contributed by atoms with E-state index in [0.29, 0.717) is 26.3 Å². The third-order valence-corrected chi connectivity index (χ3v) is 3.77. The summed E-state index contributed by atoms with van der Waals surface area (Å²) in [5, 5.41) is 0. The van der Waals surface area contributed by atoms with E-state index in [1.165, 1.54) is 6.07 Å². The van der Waals surface area contributed by atoms with E-state index in [1.807, 2.05) is 6.07 Å². The molecule has 0 radical (unpaired) electrons. The fourth-order valence-electron chi connectivity index (χ4n) is 2.87. The van der Waals surface area contributed by atoms with Gasteiger partial charge in [0.05, 0.1) is 19.8 Å². The Kier molecular flexibility index (Phi) is 3.43. The molecular formula is C14H19FN2O2. The quantitative estimate of drug-likeness (QED) is 0.884. The van der Waals surface area contributed by atoms with Crippen molar-refractivity contribution in [3.8, 4) is 0 Å². The van der Waals surface area contributed by atoms with Crippen LogP contribution in [-0.2, 0) is 16.0 Å². The largest absolute Gasteiger partial charge is 0.366 e. The van der Waals surface area contributed by atoms with E-state index >= 15 is 0 Å². The summed E-state index contributed by atoms with van der Waals surface area (Å²) in [6.45, 7) is 3.18. The van der Waals surface area contributed by atoms with Gasteiger partial charge in [0, 0.05) is 25.2 Å². The molecule has 1 aromatic rings. The molecule has 2 aliphatic heterocycles. The van der Waals surface area contributed by atoms with Crippen molar-refractivity contribution in [2.24, 2.45) is 5.73 Å². The predicted molar refractivity (Wildman–Crippen MR) is 70.4 cm³/mol. The van der Waals surface area contributed by atoms with E-state index in [-0.39, 0.29) is 5.82 Å². The molecule has 0 aliphatic carbocycles. The molecule has 0 aromatic heterocycles. The molecule has 0 atom stereocenters. The SMILES string of the molecule is NCc1cc(F)cc(N2CCCC3(C2)OCCO3)c1. The molecule has 4 nitrogen and oxygen atoms in total. The smallest absolute Gasteiger partial charge is 0.186 e. The highest BCUT2D eigenvalue weighted by Crippen LogP contribution is 2.33. The van der Waals surface area contributed by atoms with E-state index in [2.05, 4.69) is 4.90 Å². The van der Waals surface area contributed by atoms with Crippen molar-refractivity contribution < 1.29 is 13.9 Å². The van der Waals surface area contributed by atoms with Gasteiger partial charge >= 0.3 is 0 Å². The van der Waals surface area contributed by atoms with Crippen molar-refractivity contribution in [3.05, 3.63) is 29.6 Å². The fourth-order valence-corrected chi connectivity index (χ4v) is 2.87. The van der Waals surface area contributed by atoms with Gasteiger partial charge in [0.1, 0.15) is 5.82 Å². The van der Waals surface area contributed by atoms with E-state index in [9.17, 15) is 4.39 Å². The maximum atomic E-state index is 13.6. The third kappa shape index (κ3) is 2.59. The molecule has 104 valence electrons. The molecule has 19 heavy (non-hydrogen) atoms. The van der Waals surface area contributed by atoms with E-state index in [4.69, 9.17) is 15.2 Å². The van der Waals surface area contributed by atoms with Crippen LogP contribution in [0.1, 0.15) is 18.4 Å². The van der Waals surface area contributed by atoms with Crippen LogP contribution in [-0.4, -0.2) is 32.1 Å². The summed E-state index contributed by atoms with van der Waals surface area (Å²) < 4.78 is 25.1. The highest BCUT2D eigenvalue weighted by Gasteiger charge is 2.40. The molecule has 0 saturated carbocycles. The molecule has 2 fully saturated rings. The zero-order chi connectivity index (χ0) is 13.3. The summed E-state index contributed by atoms with van der Waals surface area (Å²) >= 11 is 0. The standard InChI is InChI=1S/C14H19FN2O2/c15-12-6-11(9-16)7-13(8-12)17-3-1-2-14(10-17)18-4-5-19-14/h6-8H,1-5,9-10,16H2. The van der Waals surface area contributed by atoms with Crippen molar-refractivity contribution in [2.75, 3.05) is 31.2 Å². The van der Waals surface area contributed by atoms with Crippen LogP contribution in [0.4, 0.5) is 10.1 Å². The van der Waals surface area contributed by atoms with Gasteiger partial charge in [0.15, 0.2) is 5.79 Å². The number of benzene rings is 1. The number of piperidine rings is 1. The van der Waals surface area contributed by atoms with Gasteiger partial charge in [-0.1, -0.05) is 0 Å². The lowest BCUT2D eigenvalue weighted by Crippen LogP contribution is -2.49. The molecule has 2 aliphatic rings. The minimum atomic E-state index is -0.493. The zero-order valence-corrected chi connectivity index (χ0v) is 10.9. The van der Waals surface area contributed by atoms with Gasteiger partial charge in [-0.25, -0.2) is 4.39 Å². The van der Waals surface area contributed by atoms with Gasteiger partial charge in [-0.15, -0.1) is 0 Å². The first-order valence-corrected chi connectivity index (χ1v) is 6.73. The van der Waals surface area contributed by atoms with E-state index < -0.39 is 5.79 Å². The van der Waals surface area contributed by atoms with Crippen LogP contribution in [0.5, 0.6) is 0 Å². The summed E-state index contributed by atoms with van der Waals surface area (Å²) in [4.78, 5) is 2.12. The van der Waals surface area contributed by atoms with Crippen LogP contribution in [0.3, 0.4) is 0 Å². The second-order valence-electron chi connectivity index (χ2n) is 5.15. The second kappa shape index (κ2) is 5.07. The number of nitrogens with two attached hydrogens (primary N) is 1. The van der Waals surface area contributed by atoms with Crippen molar-refractivity contribution >= 4 is 5.69 Å². The molecule has 2 saturated heterocycles. The lowest BCUT2D eigenvalue weighted by atomic mass is 10.0. The minimum absolute atomic E-state index is 0.245. The number of anilines is 1. The first kappa shape index (κ1) is 12.8. The molecule has 0 bridgehead atoms. The Hall–Kier alpha value is -1.17. The van der Waals surface area contributed by atoms with Crippen LogP contribution in [0.15, 0.2) is 18.2 Å². The number of hydrogen-bond donors (Lipinski definition) is 1. The van der Waals surface area contributed by atoms with Crippen molar-refractivity contribution in [1.82, 2.24) is 0 Å². The zero-order valence-electron chi connectivity index (χ0n) is 10.9. The van der Waals surface area contributed by atoms with Crippen LogP contribution in [0, 0.1) is 5.82 Å². The topological polar surface area (TPSA) is 47.7 Å².